The zero-order valence-electron chi connectivity index (χ0n) is 12.0. The lowest BCUT2D eigenvalue weighted by molar-refractivity contribution is 0.411. The van der Waals surface area contributed by atoms with Gasteiger partial charge >= 0.3 is 0 Å². The molecule has 1 N–H and O–H groups in total. The number of halogens is 2. The molecule has 0 atom stereocenters. The molecule has 0 fully saturated rings. The van der Waals surface area contributed by atoms with Crippen molar-refractivity contribution < 1.29 is 13.5 Å². The highest BCUT2D eigenvalue weighted by molar-refractivity contribution is 7.98. The Hall–Kier alpha value is -1.59. The SMILES string of the molecule is CNCc1ccc(OC)c(CSc2ccc(F)cc2F)c1. The fourth-order valence-corrected chi connectivity index (χ4v) is 2.90. The monoisotopic (exact) mass is 309 g/mol. The number of ether oxygens (including phenoxy) is 1. The molecule has 0 aromatic heterocycles. The summed E-state index contributed by atoms with van der Waals surface area (Å²) in [4.78, 5) is 0.428. The summed E-state index contributed by atoms with van der Waals surface area (Å²) in [6.45, 7) is 0.757. The van der Waals surface area contributed by atoms with Crippen LogP contribution in [0.4, 0.5) is 8.78 Å². The Kier molecular flexibility index (Phi) is 5.59. The van der Waals surface area contributed by atoms with Crippen LogP contribution in [0.3, 0.4) is 0 Å². The molecule has 0 aliphatic carbocycles. The number of benzene rings is 2. The minimum Gasteiger partial charge on any atom is -0.496 e. The van der Waals surface area contributed by atoms with Gasteiger partial charge in [0, 0.05) is 28.8 Å². The minimum atomic E-state index is -0.564. The summed E-state index contributed by atoms with van der Waals surface area (Å²) >= 11 is 1.32. The highest BCUT2D eigenvalue weighted by Gasteiger charge is 2.08. The summed E-state index contributed by atoms with van der Waals surface area (Å²) in [7, 11) is 3.49. The predicted molar refractivity (Wildman–Crippen MR) is 81.7 cm³/mol. The Morgan fingerprint density at radius 2 is 1.95 bits per heavy atom. The molecule has 2 aromatic carbocycles. The first kappa shape index (κ1) is 15.8. The summed E-state index contributed by atoms with van der Waals surface area (Å²) in [5.74, 6) is 0.226. The third kappa shape index (κ3) is 4.19. The maximum absolute atomic E-state index is 13.6. The van der Waals surface area contributed by atoms with Crippen LogP contribution in [0.2, 0.25) is 0 Å². The van der Waals surface area contributed by atoms with E-state index in [4.69, 9.17) is 4.74 Å². The Morgan fingerprint density at radius 3 is 2.62 bits per heavy atom. The van der Waals surface area contributed by atoms with Gasteiger partial charge in [-0.3, -0.25) is 0 Å². The van der Waals surface area contributed by atoms with E-state index >= 15 is 0 Å². The second kappa shape index (κ2) is 7.43. The first-order valence-electron chi connectivity index (χ1n) is 6.52. The normalized spacial score (nSPS) is 10.7. The lowest BCUT2D eigenvalue weighted by Gasteiger charge is -2.11. The largest absolute Gasteiger partial charge is 0.496 e. The number of rotatable bonds is 6. The van der Waals surface area contributed by atoms with Crippen molar-refractivity contribution in [2.75, 3.05) is 14.2 Å². The van der Waals surface area contributed by atoms with Gasteiger partial charge in [-0.1, -0.05) is 6.07 Å². The van der Waals surface area contributed by atoms with Crippen LogP contribution < -0.4 is 10.1 Å². The summed E-state index contributed by atoms with van der Waals surface area (Å²) in [5.41, 5.74) is 2.12. The van der Waals surface area contributed by atoms with Crippen LogP contribution >= 0.6 is 11.8 Å². The van der Waals surface area contributed by atoms with Crippen LogP contribution in [0.5, 0.6) is 5.75 Å². The van der Waals surface area contributed by atoms with E-state index in [1.54, 1.807) is 7.11 Å². The molecule has 21 heavy (non-hydrogen) atoms. The molecule has 0 heterocycles. The van der Waals surface area contributed by atoms with Crippen molar-refractivity contribution >= 4 is 11.8 Å². The number of hydrogen-bond acceptors (Lipinski definition) is 3. The van der Waals surface area contributed by atoms with Gasteiger partial charge in [0.1, 0.15) is 17.4 Å². The standard InChI is InChI=1S/C16H17F2NOS/c1-19-9-11-3-5-15(20-2)12(7-11)10-21-16-6-4-13(17)8-14(16)18/h3-8,19H,9-10H2,1-2H3. The lowest BCUT2D eigenvalue weighted by Crippen LogP contribution is -2.05. The van der Waals surface area contributed by atoms with Crippen molar-refractivity contribution in [3.63, 3.8) is 0 Å². The highest BCUT2D eigenvalue weighted by atomic mass is 32.2. The summed E-state index contributed by atoms with van der Waals surface area (Å²) in [6, 6.07) is 9.55. The van der Waals surface area contributed by atoms with E-state index in [1.165, 1.54) is 23.9 Å². The van der Waals surface area contributed by atoms with Crippen LogP contribution in [-0.2, 0) is 12.3 Å². The van der Waals surface area contributed by atoms with Gasteiger partial charge in [-0.25, -0.2) is 8.78 Å². The van der Waals surface area contributed by atoms with Crippen molar-refractivity contribution in [2.45, 2.75) is 17.2 Å². The molecule has 0 spiro atoms. The topological polar surface area (TPSA) is 21.3 Å². The maximum atomic E-state index is 13.6. The molecule has 0 saturated heterocycles. The number of hydrogen-bond donors (Lipinski definition) is 1. The van der Waals surface area contributed by atoms with Gasteiger partial charge in [0.15, 0.2) is 0 Å². The van der Waals surface area contributed by atoms with E-state index in [0.29, 0.717) is 10.6 Å². The van der Waals surface area contributed by atoms with Crippen LogP contribution in [0.15, 0.2) is 41.3 Å². The van der Waals surface area contributed by atoms with Crippen molar-refractivity contribution in [1.82, 2.24) is 5.32 Å². The first-order chi connectivity index (χ1) is 10.1. The summed E-state index contributed by atoms with van der Waals surface area (Å²) in [6.07, 6.45) is 0. The molecule has 0 amide bonds. The van der Waals surface area contributed by atoms with E-state index in [0.717, 1.165) is 29.5 Å². The molecule has 112 valence electrons. The molecule has 0 saturated carbocycles. The molecule has 0 bridgehead atoms. The molecule has 2 aromatic rings. The van der Waals surface area contributed by atoms with Crippen molar-refractivity contribution in [2.24, 2.45) is 0 Å². The average Bonchev–Trinajstić information content (AvgIpc) is 2.47. The molecular weight excluding hydrogens is 292 g/mol. The number of nitrogens with one attached hydrogen (secondary N) is 1. The molecule has 0 aliphatic rings. The van der Waals surface area contributed by atoms with Crippen LogP contribution in [-0.4, -0.2) is 14.2 Å². The zero-order chi connectivity index (χ0) is 15.2. The third-order valence-electron chi connectivity index (χ3n) is 3.00. The molecular formula is C16H17F2NOS. The van der Waals surface area contributed by atoms with E-state index in [-0.39, 0.29) is 0 Å². The zero-order valence-corrected chi connectivity index (χ0v) is 12.8. The van der Waals surface area contributed by atoms with Crippen LogP contribution in [0.25, 0.3) is 0 Å². The quantitative estimate of drug-likeness (QED) is 0.815. The maximum Gasteiger partial charge on any atom is 0.139 e. The molecule has 0 radical (unpaired) electrons. The Bertz CT molecular complexity index is 619. The molecule has 0 unspecified atom stereocenters. The fourth-order valence-electron chi connectivity index (χ4n) is 2.01. The van der Waals surface area contributed by atoms with Gasteiger partial charge in [0.05, 0.1) is 7.11 Å². The van der Waals surface area contributed by atoms with E-state index in [9.17, 15) is 8.78 Å². The second-order valence-electron chi connectivity index (χ2n) is 4.54. The number of thioether (sulfide) groups is 1. The van der Waals surface area contributed by atoms with Gasteiger partial charge in [-0.05, 0) is 36.9 Å². The van der Waals surface area contributed by atoms with E-state index in [1.807, 2.05) is 25.2 Å². The van der Waals surface area contributed by atoms with Crippen molar-refractivity contribution in [3.05, 3.63) is 59.2 Å². The van der Waals surface area contributed by atoms with Gasteiger partial charge in [0.25, 0.3) is 0 Å². The lowest BCUT2D eigenvalue weighted by atomic mass is 10.1. The number of methoxy groups -OCH3 is 1. The minimum absolute atomic E-state index is 0.428. The smallest absolute Gasteiger partial charge is 0.139 e. The highest BCUT2D eigenvalue weighted by Crippen LogP contribution is 2.30. The van der Waals surface area contributed by atoms with Gasteiger partial charge < -0.3 is 10.1 Å². The summed E-state index contributed by atoms with van der Waals surface area (Å²) < 4.78 is 31.9. The molecule has 2 nitrogen and oxygen atoms in total. The van der Waals surface area contributed by atoms with Gasteiger partial charge in [0.2, 0.25) is 0 Å². The van der Waals surface area contributed by atoms with Crippen LogP contribution in [0.1, 0.15) is 11.1 Å². The Labute approximate surface area is 127 Å². The fraction of sp³-hybridized carbons (Fsp3) is 0.250. The molecule has 0 aliphatic heterocycles. The Morgan fingerprint density at radius 1 is 1.14 bits per heavy atom. The molecule has 2 rings (SSSR count). The second-order valence-corrected chi connectivity index (χ2v) is 5.56. The van der Waals surface area contributed by atoms with Crippen molar-refractivity contribution in [1.29, 1.82) is 0 Å². The first-order valence-corrected chi connectivity index (χ1v) is 7.51. The average molecular weight is 309 g/mol. The summed E-state index contributed by atoms with van der Waals surface area (Å²) in [5, 5.41) is 3.09. The van der Waals surface area contributed by atoms with Gasteiger partial charge in [-0.15, -0.1) is 11.8 Å². The van der Waals surface area contributed by atoms with Crippen LogP contribution in [0, 0.1) is 11.6 Å². The van der Waals surface area contributed by atoms with Gasteiger partial charge in [-0.2, -0.15) is 0 Å². The van der Waals surface area contributed by atoms with E-state index < -0.39 is 11.6 Å². The predicted octanol–water partition coefficient (Wildman–Crippen LogP) is 3.99. The molecule has 5 heteroatoms. The van der Waals surface area contributed by atoms with Crippen molar-refractivity contribution in [3.8, 4) is 5.75 Å². The Balaban J connectivity index is 2.16. The third-order valence-corrected chi connectivity index (χ3v) is 4.10. The van der Waals surface area contributed by atoms with E-state index in [2.05, 4.69) is 5.32 Å².